The van der Waals surface area contributed by atoms with Crippen molar-refractivity contribution in [3.05, 3.63) is 59.2 Å². The Labute approximate surface area is 132 Å². The number of rotatable bonds is 3. The second-order valence-corrected chi connectivity index (χ2v) is 6.37. The van der Waals surface area contributed by atoms with Crippen LogP contribution < -0.4 is 5.73 Å². The lowest BCUT2D eigenvalue weighted by atomic mass is 9.81. The highest BCUT2D eigenvalue weighted by Gasteiger charge is 2.28. The largest absolute Gasteiger partial charge is 0.396 e. The molecule has 3 rings (SSSR count). The molecule has 21 heavy (non-hydrogen) atoms. The molecular formula is C18H22ClNO. The highest BCUT2D eigenvalue weighted by atomic mass is 35.5. The van der Waals surface area contributed by atoms with E-state index in [9.17, 15) is 5.11 Å². The number of aliphatic hydroxyl groups is 1. The minimum absolute atomic E-state index is 0. The molecule has 0 saturated heterocycles. The molecule has 0 radical (unpaired) electrons. The second-order valence-electron chi connectivity index (χ2n) is 6.37. The van der Waals surface area contributed by atoms with Gasteiger partial charge < -0.3 is 10.8 Å². The highest BCUT2D eigenvalue weighted by Crippen LogP contribution is 2.39. The van der Waals surface area contributed by atoms with E-state index in [0.29, 0.717) is 0 Å². The molecule has 0 fully saturated rings. The highest BCUT2D eigenvalue weighted by molar-refractivity contribution is 5.85. The van der Waals surface area contributed by atoms with Crippen molar-refractivity contribution in [3.63, 3.8) is 0 Å². The van der Waals surface area contributed by atoms with Gasteiger partial charge in [-0.3, -0.25) is 0 Å². The van der Waals surface area contributed by atoms with Crippen molar-refractivity contribution in [2.75, 3.05) is 6.61 Å². The van der Waals surface area contributed by atoms with Crippen molar-refractivity contribution in [1.29, 1.82) is 0 Å². The van der Waals surface area contributed by atoms with E-state index in [-0.39, 0.29) is 30.5 Å². The van der Waals surface area contributed by atoms with Gasteiger partial charge in [-0.05, 0) is 34.2 Å². The van der Waals surface area contributed by atoms with Gasteiger partial charge in [0, 0.05) is 18.1 Å². The Balaban J connectivity index is 0.00000161. The lowest BCUT2D eigenvalue weighted by Crippen LogP contribution is -2.32. The van der Waals surface area contributed by atoms with Gasteiger partial charge in [-0.15, -0.1) is 12.4 Å². The van der Waals surface area contributed by atoms with Crippen LogP contribution in [0.3, 0.4) is 0 Å². The summed E-state index contributed by atoms with van der Waals surface area (Å²) in [7, 11) is 0. The van der Waals surface area contributed by atoms with E-state index in [1.165, 1.54) is 22.3 Å². The summed E-state index contributed by atoms with van der Waals surface area (Å²) >= 11 is 0. The Morgan fingerprint density at radius 2 is 1.76 bits per heavy atom. The molecule has 2 aromatic rings. The van der Waals surface area contributed by atoms with E-state index in [4.69, 9.17) is 5.73 Å². The smallest absolute Gasteiger partial charge is 0.0500 e. The molecule has 0 spiro atoms. The van der Waals surface area contributed by atoms with Crippen LogP contribution in [0.25, 0.3) is 11.1 Å². The average Bonchev–Trinajstić information content (AvgIpc) is 2.83. The van der Waals surface area contributed by atoms with Crippen molar-refractivity contribution < 1.29 is 5.11 Å². The van der Waals surface area contributed by atoms with Crippen LogP contribution in [0.1, 0.15) is 36.6 Å². The van der Waals surface area contributed by atoms with Crippen molar-refractivity contribution in [2.24, 2.45) is 11.1 Å². The Morgan fingerprint density at radius 3 is 2.48 bits per heavy atom. The van der Waals surface area contributed by atoms with E-state index in [2.05, 4.69) is 42.5 Å². The lowest BCUT2D eigenvalue weighted by Gasteiger charge is -2.30. The number of hydrogen-bond donors (Lipinski definition) is 2. The third-order valence-corrected chi connectivity index (χ3v) is 4.43. The molecule has 0 unspecified atom stereocenters. The summed E-state index contributed by atoms with van der Waals surface area (Å²) in [4.78, 5) is 0. The summed E-state index contributed by atoms with van der Waals surface area (Å²) in [5.41, 5.74) is 12.5. The first-order valence-electron chi connectivity index (χ1n) is 7.10. The SMILES string of the molecule is CC(C)(CO)[C@H](N)c1ccc2c(c1)Cc1ccccc1-2.Cl. The van der Waals surface area contributed by atoms with Gasteiger partial charge in [-0.2, -0.15) is 0 Å². The zero-order valence-electron chi connectivity index (χ0n) is 12.5. The van der Waals surface area contributed by atoms with Gasteiger partial charge in [0.2, 0.25) is 0 Å². The molecule has 2 nitrogen and oxygen atoms in total. The number of aliphatic hydroxyl groups excluding tert-OH is 1. The molecule has 0 saturated carbocycles. The molecule has 0 bridgehead atoms. The van der Waals surface area contributed by atoms with Crippen LogP contribution in [0.15, 0.2) is 42.5 Å². The van der Waals surface area contributed by atoms with Gasteiger partial charge in [-0.1, -0.05) is 56.3 Å². The first kappa shape index (κ1) is 16.0. The minimum Gasteiger partial charge on any atom is -0.396 e. The fourth-order valence-electron chi connectivity index (χ4n) is 2.91. The van der Waals surface area contributed by atoms with Crippen LogP contribution in [0.4, 0.5) is 0 Å². The topological polar surface area (TPSA) is 46.2 Å². The molecule has 3 heteroatoms. The molecule has 0 aromatic heterocycles. The summed E-state index contributed by atoms with van der Waals surface area (Å²) in [5.74, 6) is 0. The Morgan fingerprint density at radius 1 is 1.10 bits per heavy atom. The number of halogens is 1. The minimum atomic E-state index is -0.306. The van der Waals surface area contributed by atoms with Crippen LogP contribution in [0.2, 0.25) is 0 Å². The second kappa shape index (κ2) is 5.80. The quantitative estimate of drug-likeness (QED) is 0.775. The predicted molar refractivity (Wildman–Crippen MR) is 89.7 cm³/mol. The van der Waals surface area contributed by atoms with Crippen LogP contribution in [-0.2, 0) is 6.42 Å². The maximum Gasteiger partial charge on any atom is 0.0500 e. The average molecular weight is 304 g/mol. The van der Waals surface area contributed by atoms with Crippen molar-refractivity contribution >= 4 is 12.4 Å². The van der Waals surface area contributed by atoms with Crippen LogP contribution in [0, 0.1) is 5.41 Å². The molecule has 112 valence electrons. The molecule has 2 aromatic carbocycles. The van der Waals surface area contributed by atoms with Gasteiger partial charge in [0.05, 0.1) is 0 Å². The normalized spacial score (nSPS) is 14.1. The zero-order valence-corrected chi connectivity index (χ0v) is 13.3. The molecule has 1 atom stereocenters. The first-order chi connectivity index (χ1) is 9.53. The predicted octanol–water partition coefficient (Wildman–Crippen LogP) is 3.70. The summed E-state index contributed by atoms with van der Waals surface area (Å²) in [5, 5.41) is 9.48. The Bertz CT molecular complexity index is 651. The lowest BCUT2D eigenvalue weighted by molar-refractivity contribution is 0.132. The van der Waals surface area contributed by atoms with Crippen LogP contribution >= 0.6 is 12.4 Å². The van der Waals surface area contributed by atoms with Crippen molar-refractivity contribution in [1.82, 2.24) is 0 Å². The number of benzene rings is 2. The van der Waals surface area contributed by atoms with Crippen molar-refractivity contribution in [3.8, 4) is 11.1 Å². The zero-order chi connectivity index (χ0) is 14.3. The van der Waals surface area contributed by atoms with Gasteiger partial charge in [0.25, 0.3) is 0 Å². The molecule has 0 amide bonds. The molecule has 1 aliphatic rings. The first-order valence-corrected chi connectivity index (χ1v) is 7.10. The molecule has 3 N–H and O–H groups in total. The van der Waals surface area contributed by atoms with E-state index in [0.717, 1.165) is 12.0 Å². The molecule has 1 aliphatic carbocycles. The van der Waals surface area contributed by atoms with Gasteiger partial charge >= 0.3 is 0 Å². The number of hydrogen-bond acceptors (Lipinski definition) is 2. The molecule has 0 heterocycles. The van der Waals surface area contributed by atoms with Gasteiger partial charge in [-0.25, -0.2) is 0 Å². The van der Waals surface area contributed by atoms with E-state index in [1.807, 2.05) is 13.8 Å². The summed E-state index contributed by atoms with van der Waals surface area (Å²) in [6.45, 7) is 4.09. The maximum absolute atomic E-state index is 9.48. The third-order valence-electron chi connectivity index (χ3n) is 4.43. The standard InChI is InChI=1S/C18H21NO.ClH/c1-18(2,11-20)17(19)13-7-8-16-14(10-13)9-12-5-3-4-6-15(12)16;/h3-8,10,17,20H,9,11,19H2,1-2H3;1H/t17-;/m1./s1. The fourth-order valence-corrected chi connectivity index (χ4v) is 2.91. The monoisotopic (exact) mass is 303 g/mol. The Kier molecular flexibility index (Phi) is 4.43. The van der Waals surface area contributed by atoms with Gasteiger partial charge in [0.1, 0.15) is 0 Å². The van der Waals surface area contributed by atoms with E-state index >= 15 is 0 Å². The third kappa shape index (κ3) is 2.71. The summed E-state index contributed by atoms with van der Waals surface area (Å²) in [6, 6.07) is 14.9. The van der Waals surface area contributed by atoms with E-state index < -0.39 is 0 Å². The van der Waals surface area contributed by atoms with Crippen LogP contribution in [0.5, 0.6) is 0 Å². The molecular weight excluding hydrogens is 282 g/mol. The van der Waals surface area contributed by atoms with E-state index in [1.54, 1.807) is 0 Å². The number of fused-ring (bicyclic) bond motifs is 3. The summed E-state index contributed by atoms with van der Waals surface area (Å²) < 4.78 is 0. The van der Waals surface area contributed by atoms with Crippen LogP contribution in [-0.4, -0.2) is 11.7 Å². The summed E-state index contributed by atoms with van der Waals surface area (Å²) in [6.07, 6.45) is 0.978. The Hall–Kier alpha value is -1.35. The fraction of sp³-hybridized carbons (Fsp3) is 0.333. The van der Waals surface area contributed by atoms with Gasteiger partial charge in [0.15, 0.2) is 0 Å². The molecule has 0 aliphatic heterocycles. The van der Waals surface area contributed by atoms with Crippen molar-refractivity contribution in [2.45, 2.75) is 26.3 Å². The maximum atomic E-state index is 9.48. The number of nitrogens with two attached hydrogens (primary N) is 1.